The number of benzene rings is 9. The average molecular weight is 798 g/mol. The van der Waals surface area contributed by atoms with Crippen LogP contribution in [0.15, 0.2) is 205 Å². The zero-order valence-electron chi connectivity index (χ0n) is 33.8. The Bertz CT molecular complexity index is 3540. The molecule has 3 heteroatoms. The summed E-state index contributed by atoms with van der Waals surface area (Å²) in [6.45, 7) is 4.77. The van der Waals surface area contributed by atoms with E-state index in [-0.39, 0.29) is 5.41 Å². The Kier molecular flexibility index (Phi) is 7.19. The van der Waals surface area contributed by atoms with Gasteiger partial charge < -0.3 is 9.32 Å². The van der Waals surface area contributed by atoms with Gasteiger partial charge in [-0.3, -0.25) is 0 Å². The van der Waals surface area contributed by atoms with E-state index in [9.17, 15) is 0 Å². The minimum atomic E-state index is -0.434. The first-order chi connectivity index (χ1) is 30.0. The highest BCUT2D eigenvalue weighted by molar-refractivity contribution is 7.26. The third-order valence-electron chi connectivity index (χ3n) is 13.8. The molecule has 0 radical (unpaired) electrons. The van der Waals surface area contributed by atoms with Gasteiger partial charge in [-0.25, -0.2) is 0 Å². The molecular weight excluding hydrogens is 759 g/mol. The van der Waals surface area contributed by atoms with Crippen molar-refractivity contribution in [2.75, 3.05) is 4.90 Å². The molecule has 61 heavy (non-hydrogen) atoms. The van der Waals surface area contributed by atoms with Crippen LogP contribution in [0.25, 0.3) is 64.4 Å². The van der Waals surface area contributed by atoms with Crippen molar-refractivity contribution in [2.45, 2.75) is 24.7 Å². The summed E-state index contributed by atoms with van der Waals surface area (Å²) in [5.74, 6) is 0. The van der Waals surface area contributed by atoms with Crippen molar-refractivity contribution in [1.29, 1.82) is 0 Å². The molecule has 2 nitrogen and oxygen atoms in total. The van der Waals surface area contributed by atoms with Crippen LogP contribution in [0.1, 0.15) is 47.2 Å². The molecule has 2 aliphatic rings. The number of thiophene rings is 1. The Balaban J connectivity index is 1.01. The van der Waals surface area contributed by atoms with Crippen LogP contribution in [0.4, 0.5) is 17.1 Å². The molecule has 0 aliphatic heterocycles. The van der Waals surface area contributed by atoms with Gasteiger partial charge in [-0.05, 0) is 104 Å². The standard InChI is InChI=1S/C58H39NOS/c1-57(2)45-20-7-9-22-47(45)58(48-23-10-8-21-46(48)57)44-19-6-3-15-39(44)40-34-31-37(35-49(40)58)36-29-32-38(33-30-36)59(50-24-14-27-53-55(50)43-17-4-11-26-52(43)60-53)51-25-13-18-42-41-16-5-12-28-54(41)61-56(42)51/h3-35H,1-2H3. The van der Waals surface area contributed by atoms with Crippen LogP contribution in [0, 0.1) is 0 Å². The van der Waals surface area contributed by atoms with Crippen molar-refractivity contribution in [3.05, 3.63) is 234 Å². The highest BCUT2D eigenvalue weighted by Gasteiger charge is 2.53. The van der Waals surface area contributed by atoms with Crippen LogP contribution in [0.3, 0.4) is 0 Å². The fourth-order valence-electron chi connectivity index (χ4n) is 11.1. The van der Waals surface area contributed by atoms with E-state index in [2.05, 4.69) is 213 Å². The van der Waals surface area contributed by atoms with Gasteiger partial charge in [-0.15, -0.1) is 11.3 Å². The number of rotatable bonds is 4. The quantitative estimate of drug-likeness (QED) is 0.176. The molecule has 11 aromatic rings. The Labute approximate surface area is 358 Å². The number of furan rings is 1. The predicted octanol–water partition coefficient (Wildman–Crippen LogP) is 16.1. The van der Waals surface area contributed by atoms with Gasteiger partial charge in [0.1, 0.15) is 11.2 Å². The average Bonchev–Trinajstić information content (AvgIpc) is 3.98. The van der Waals surface area contributed by atoms with Crippen LogP contribution >= 0.6 is 11.3 Å². The first-order valence-corrected chi connectivity index (χ1v) is 22.0. The maximum absolute atomic E-state index is 6.47. The second-order valence-corrected chi connectivity index (χ2v) is 18.2. The van der Waals surface area contributed by atoms with Crippen LogP contribution in [-0.4, -0.2) is 0 Å². The van der Waals surface area contributed by atoms with E-state index in [1.807, 2.05) is 17.4 Å². The Morgan fingerprint density at radius 2 is 1.00 bits per heavy atom. The third kappa shape index (κ3) is 4.67. The van der Waals surface area contributed by atoms with Gasteiger partial charge in [0.15, 0.2) is 0 Å². The molecule has 0 atom stereocenters. The molecule has 0 saturated heterocycles. The fraction of sp³-hybridized carbons (Fsp3) is 0.0690. The Hall–Kier alpha value is -7.20. The number of para-hydroxylation sites is 1. The summed E-state index contributed by atoms with van der Waals surface area (Å²) < 4.78 is 9.01. The minimum Gasteiger partial charge on any atom is -0.456 e. The molecule has 2 aliphatic carbocycles. The Morgan fingerprint density at radius 3 is 1.79 bits per heavy atom. The fourth-order valence-corrected chi connectivity index (χ4v) is 12.3. The molecule has 13 rings (SSSR count). The van der Waals surface area contributed by atoms with Gasteiger partial charge in [-0.1, -0.05) is 166 Å². The van der Waals surface area contributed by atoms with Gasteiger partial charge >= 0.3 is 0 Å². The highest BCUT2D eigenvalue weighted by atomic mass is 32.1. The van der Waals surface area contributed by atoms with Crippen LogP contribution in [0.2, 0.25) is 0 Å². The summed E-state index contributed by atoms with van der Waals surface area (Å²) in [4.78, 5) is 2.44. The number of hydrogen-bond donors (Lipinski definition) is 0. The van der Waals surface area contributed by atoms with Crippen LogP contribution in [0.5, 0.6) is 0 Å². The van der Waals surface area contributed by atoms with E-state index in [0.29, 0.717) is 0 Å². The van der Waals surface area contributed by atoms with Gasteiger partial charge in [0.05, 0.1) is 26.9 Å². The van der Waals surface area contributed by atoms with Crippen molar-refractivity contribution < 1.29 is 4.42 Å². The summed E-state index contributed by atoms with van der Waals surface area (Å²) >= 11 is 1.86. The second kappa shape index (κ2) is 12.7. The zero-order chi connectivity index (χ0) is 40.5. The minimum absolute atomic E-state index is 0.136. The van der Waals surface area contributed by atoms with Crippen molar-refractivity contribution in [2.24, 2.45) is 0 Å². The van der Waals surface area contributed by atoms with E-state index in [0.717, 1.165) is 39.0 Å². The first kappa shape index (κ1) is 34.6. The topological polar surface area (TPSA) is 16.4 Å². The SMILES string of the molecule is CC1(C)c2ccccc2C2(c3ccccc3-c3ccc(-c4ccc(N(c5cccc6c5sc5ccccc56)c5cccc6oc7ccccc7c56)cc4)cc32)c2ccccc21. The van der Waals surface area contributed by atoms with Crippen molar-refractivity contribution in [1.82, 2.24) is 0 Å². The lowest BCUT2D eigenvalue weighted by Crippen LogP contribution is -2.40. The van der Waals surface area contributed by atoms with Crippen molar-refractivity contribution in [3.63, 3.8) is 0 Å². The number of nitrogens with zero attached hydrogens (tertiary/aromatic N) is 1. The monoisotopic (exact) mass is 797 g/mol. The molecule has 1 spiro atoms. The molecule has 2 heterocycles. The first-order valence-electron chi connectivity index (χ1n) is 21.2. The number of fused-ring (bicyclic) bond motifs is 15. The number of anilines is 3. The van der Waals surface area contributed by atoms with Gasteiger partial charge in [-0.2, -0.15) is 0 Å². The molecule has 0 saturated carbocycles. The molecule has 0 N–H and O–H groups in total. The molecule has 2 aromatic heterocycles. The largest absolute Gasteiger partial charge is 0.456 e. The summed E-state index contributed by atoms with van der Waals surface area (Å²) in [6.07, 6.45) is 0. The molecule has 0 fully saturated rings. The third-order valence-corrected chi connectivity index (χ3v) is 15.0. The summed E-state index contributed by atoms with van der Waals surface area (Å²) in [7, 11) is 0. The van der Waals surface area contributed by atoms with Gasteiger partial charge in [0.2, 0.25) is 0 Å². The van der Waals surface area contributed by atoms with E-state index in [1.54, 1.807) is 0 Å². The normalized spacial score (nSPS) is 14.3. The summed E-state index contributed by atoms with van der Waals surface area (Å²) in [5.41, 5.74) is 17.8. The summed E-state index contributed by atoms with van der Waals surface area (Å²) in [6, 6.07) is 74.2. The van der Waals surface area contributed by atoms with E-state index in [4.69, 9.17) is 4.42 Å². The van der Waals surface area contributed by atoms with Gasteiger partial charge in [0, 0.05) is 32.0 Å². The Morgan fingerprint density at radius 1 is 0.426 bits per heavy atom. The smallest absolute Gasteiger partial charge is 0.137 e. The maximum Gasteiger partial charge on any atom is 0.137 e. The second-order valence-electron chi connectivity index (χ2n) is 17.2. The lowest BCUT2D eigenvalue weighted by Gasteiger charge is -2.46. The zero-order valence-corrected chi connectivity index (χ0v) is 34.6. The number of hydrogen-bond acceptors (Lipinski definition) is 3. The van der Waals surface area contributed by atoms with E-state index >= 15 is 0 Å². The van der Waals surface area contributed by atoms with E-state index in [1.165, 1.54) is 75.8 Å². The predicted molar refractivity (Wildman–Crippen MR) is 256 cm³/mol. The van der Waals surface area contributed by atoms with Crippen molar-refractivity contribution in [3.8, 4) is 22.3 Å². The lowest BCUT2D eigenvalue weighted by molar-refractivity contribution is 0.563. The highest BCUT2D eigenvalue weighted by Crippen LogP contribution is 2.62. The maximum atomic E-state index is 6.47. The lowest BCUT2D eigenvalue weighted by atomic mass is 9.55. The van der Waals surface area contributed by atoms with Crippen LogP contribution in [-0.2, 0) is 10.8 Å². The van der Waals surface area contributed by atoms with Gasteiger partial charge in [0.25, 0.3) is 0 Å². The van der Waals surface area contributed by atoms with Crippen LogP contribution < -0.4 is 4.90 Å². The molecular formula is C58H39NOS. The molecule has 9 aromatic carbocycles. The summed E-state index contributed by atoms with van der Waals surface area (Å²) in [5, 5.41) is 4.78. The molecule has 0 amide bonds. The van der Waals surface area contributed by atoms with E-state index < -0.39 is 5.41 Å². The molecule has 288 valence electrons. The molecule has 0 unspecified atom stereocenters. The van der Waals surface area contributed by atoms with Crippen molar-refractivity contribution >= 4 is 70.5 Å². The molecule has 0 bridgehead atoms.